The van der Waals surface area contributed by atoms with Crippen LogP contribution in [0.4, 0.5) is 5.95 Å². The summed E-state index contributed by atoms with van der Waals surface area (Å²) in [6.45, 7) is 8.47. The van der Waals surface area contributed by atoms with Crippen molar-refractivity contribution in [3.63, 3.8) is 0 Å². The van der Waals surface area contributed by atoms with Gasteiger partial charge in [-0.25, -0.2) is 15.4 Å². The van der Waals surface area contributed by atoms with Gasteiger partial charge in [-0.2, -0.15) is 5.10 Å². The summed E-state index contributed by atoms with van der Waals surface area (Å²) >= 11 is 0. The highest BCUT2D eigenvalue weighted by Gasteiger charge is 2.04. The van der Waals surface area contributed by atoms with Crippen molar-refractivity contribution in [1.82, 2.24) is 9.97 Å². The second-order valence-electron chi connectivity index (χ2n) is 5.99. The summed E-state index contributed by atoms with van der Waals surface area (Å²) in [6.07, 6.45) is 5.22. The van der Waals surface area contributed by atoms with E-state index in [1.54, 1.807) is 0 Å². The van der Waals surface area contributed by atoms with Gasteiger partial charge in [-0.15, -0.1) is 0 Å². The molecule has 0 saturated carbocycles. The lowest BCUT2D eigenvalue weighted by atomic mass is 10.1. The van der Waals surface area contributed by atoms with E-state index in [4.69, 9.17) is 0 Å². The molecule has 1 aromatic heterocycles. The lowest BCUT2D eigenvalue weighted by molar-refractivity contribution is 0.769. The van der Waals surface area contributed by atoms with Crippen LogP contribution in [0.3, 0.4) is 0 Å². The van der Waals surface area contributed by atoms with Crippen molar-refractivity contribution < 1.29 is 0 Å². The standard InChI is InChI=1S/C20H28N4/c1-5-8-12-19-14-18(7-3)21-20(22-19)24-23-15(4)17-11-9-10-16(6-2)13-17/h9-11,13-14H,5-8,12H2,1-4H3,(H,21,22,24). The van der Waals surface area contributed by atoms with Gasteiger partial charge in [-0.05, 0) is 55.9 Å². The van der Waals surface area contributed by atoms with Crippen molar-refractivity contribution in [2.75, 3.05) is 5.43 Å². The second kappa shape index (κ2) is 9.16. The minimum Gasteiger partial charge on any atom is -0.245 e. The van der Waals surface area contributed by atoms with E-state index in [1.807, 2.05) is 6.92 Å². The molecule has 1 heterocycles. The molecule has 24 heavy (non-hydrogen) atoms. The van der Waals surface area contributed by atoms with Gasteiger partial charge >= 0.3 is 0 Å². The zero-order valence-corrected chi connectivity index (χ0v) is 15.3. The molecule has 1 aromatic carbocycles. The fraction of sp³-hybridized carbons (Fsp3) is 0.450. The summed E-state index contributed by atoms with van der Waals surface area (Å²) in [5.74, 6) is 0.589. The lowest BCUT2D eigenvalue weighted by Crippen LogP contribution is -2.06. The highest BCUT2D eigenvalue weighted by Crippen LogP contribution is 2.11. The fourth-order valence-electron chi connectivity index (χ4n) is 2.49. The molecule has 2 rings (SSSR count). The van der Waals surface area contributed by atoms with Crippen molar-refractivity contribution in [3.05, 3.63) is 52.8 Å². The Balaban J connectivity index is 2.16. The van der Waals surface area contributed by atoms with E-state index in [-0.39, 0.29) is 0 Å². The minimum atomic E-state index is 0.589. The number of hydrazone groups is 1. The van der Waals surface area contributed by atoms with E-state index < -0.39 is 0 Å². The van der Waals surface area contributed by atoms with Crippen LogP contribution in [0.15, 0.2) is 35.4 Å². The van der Waals surface area contributed by atoms with Crippen LogP contribution in [0, 0.1) is 0 Å². The van der Waals surface area contributed by atoms with Crippen molar-refractivity contribution in [2.24, 2.45) is 5.10 Å². The van der Waals surface area contributed by atoms with Crippen molar-refractivity contribution in [2.45, 2.75) is 59.8 Å². The molecule has 0 aliphatic heterocycles. The first-order valence-electron chi connectivity index (χ1n) is 8.92. The number of anilines is 1. The number of hydrogen-bond donors (Lipinski definition) is 1. The molecule has 0 unspecified atom stereocenters. The van der Waals surface area contributed by atoms with Crippen LogP contribution in [0.25, 0.3) is 0 Å². The van der Waals surface area contributed by atoms with Crippen molar-refractivity contribution >= 4 is 11.7 Å². The van der Waals surface area contributed by atoms with Gasteiger partial charge in [0.2, 0.25) is 5.95 Å². The quantitative estimate of drug-likeness (QED) is 0.561. The van der Waals surface area contributed by atoms with Gasteiger partial charge in [0.1, 0.15) is 0 Å². The molecule has 0 atom stereocenters. The summed E-state index contributed by atoms with van der Waals surface area (Å²) in [5.41, 5.74) is 8.56. The van der Waals surface area contributed by atoms with Crippen LogP contribution in [0.1, 0.15) is 63.1 Å². The monoisotopic (exact) mass is 324 g/mol. The molecular weight excluding hydrogens is 296 g/mol. The molecule has 128 valence electrons. The first-order valence-corrected chi connectivity index (χ1v) is 8.92. The number of aromatic nitrogens is 2. The van der Waals surface area contributed by atoms with E-state index in [2.05, 4.69) is 71.6 Å². The molecule has 0 spiro atoms. The van der Waals surface area contributed by atoms with Gasteiger partial charge in [0.15, 0.2) is 0 Å². The Kier molecular flexibility index (Phi) is 6.91. The molecule has 4 heteroatoms. The van der Waals surface area contributed by atoms with E-state index in [1.165, 1.54) is 12.0 Å². The number of rotatable bonds is 8. The third kappa shape index (κ3) is 5.15. The zero-order chi connectivity index (χ0) is 17.4. The Morgan fingerprint density at radius 1 is 1.04 bits per heavy atom. The number of benzene rings is 1. The smallest absolute Gasteiger partial charge is 0.243 e. The molecule has 0 saturated heterocycles. The van der Waals surface area contributed by atoms with Crippen LogP contribution in [0.5, 0.6) is 0 Å². The molecule has 2 aromatic rings. The Bertz CT molecular complexity index is 692. The van der Waals surface area contributed by atoms with Gasteiger partial charge in [-0.3, -0.25) is 0 Å². The Labute approximate surface area is 145 Å². The number of nitrogens with one attached hydrogen (secondary N) is 1. The molecule has 0 radical (unpaired) electrons. The molecule has 1 N–H and O–H groups in total. The van der Waals surface area contributed by atoms with E-state index in [9.17, 15) is 0 Å². The first kappa shape index (κ1) is 18.1. The molecule has 0 aliphatic carbocycles. The number of hydrogen-bond acceptors (Lipinski definition) is 4. The van der Waals surface area contributed by atoms with Crippen LogP contribution >= 0.6 is 0 Å². The zero-order valence-electron chi connectivity index (χ0n) is 15.3. The van der Waals surface area contributed by atoms with Gasteiger partial charge < -0.3 is 0 Å². The Morgan fingerprint density at radius 2 is 1.83 bits per heavy atom. The van der Waals surface area contributed by atoms with Gasteiger partial charge in [-0.1, -0.05) is 45.4 Å². The maximum atomic E-state index is 4.59. The average Bonchev–Trinajstić information content (AvgIpc) is 2.64. The summed E-state index contributed by atoms with van der Waals surface area (Å²) in [7, 11) is 0. The van der Waals surface area contributed by atoms with Gasteiger partial charge in [0.25, 0.3) is 0 Å². The van der Waals surface area contributed by atoms with Gasteiger partial charge in [0, 0.05) is 11.4 Å². The number of aryl methyl sites for hydroxylation is 3. The fourth-order valence-corrected chi connectivity index (χ4v) is 2.49. The lowest BCUT2D eigenvalue weighted by Gasteiger charge is -2.08. The third-order valence-electron chi connectivity index (χ3n) is 4.06. The van der Waals surface area contributed by atoms with Crippen molar-refractivity contribution in [3.8, 4) is 0 Å². The summed E-state index contributed by atoms with van der Waals surface area (Å²) in [6, 6.07) is 10.6. The molecular formula is C20H28N4. The second-order valence-corrected chi connectivity index (χ2v) is 5.99. The average molecular weight is 324 g/mol. The molecule has 0 fully saturated rings. The maximum absolute atomic E-state index is 4.59. The predicted octanol–water partition coefficient (Wildman–Crippen LogP) is 4.78. The topological polar surface area (TPSA) is 50.2 Å². The van der Waals surface area contributed by atoms with E-state index >= 15 is 0 Å². The van der Waals surface area contributed by atoms with E-state index in [0.717, 1.165) is 48.3 Å². The largest absolute Gasteiger partial charge is 0.245 e. The first-order chi connectivity index (χ1) is 11.7. The Morgan fingerprint density at radius 3 is 2.54 bits per heavy atom. The molecule has 0 amide bonds. The highest BCUT2D eigenvalue weighted by molar-refractivity contribution is 5.99. The third-order valence-corrected chi connectivity index (χ3v) is 4.06. The highest BCUT2D eigenvalue weighted by atomic mass is 15.4. The van der Waals surface area contributed by atoms with Crippen molar-refractivity contribution in [1.29, 1.82) is 0 Å². The summed E-state index contributed by atoms with van der Waals surface area (Å²) in [4.78, 5) is 9.12. The SMILES string of the molecule is CCCCc1cc(CC)nc(NN=C(C)c2cccc(CC)c2)n1. The van der Waals surface area contributed by atoms with E-state index in [0.29, 0.717) is 5.95 Å². The number of nitrogens with zero attached hydrogens (tertiary/aromatic N) is 3. The summed E-state index contributed by atoms with van der Waals surface area (Å²) in [5, 5.41) is 4.48. The molecule has 4 nitrogen and oxygen atoms in total. The van der Waals surface area contributed by atoms with Gasteiger partial charge in [0.05, 0.1) is 5.71 Å². The predicted molar refractivity (Wildman–Crippen MR) is 102 cm³/mol. The van der Waals surface area contributed by atoms with Crippen LogP contribution in [-0.4, -0.2) is 15.7 Å². The minimum absolute atomic E-state index is 0.589. The normalized spacial score (nSPS) is 11.6. The molecule has 0 bridgehead atoms. The molecule has 0 aliphatic rings. The number of unbranched alkanes of at least 4 members (excludes halogenated alkanes) is 1. The van der Waals surface area contributed by atoms with Crippen LogP contribution in [0.2, 0.25) is 0 Å². The summed E-state index contributed by atoms with van der Waals surface area (Å²) < 4.78 is 0. The van der Waals surface area contributed by atoms with Crippen LogP contribution < -0.4 is 5.43 Å². The maximum Gasteiger partial charge on any atom is 0.243 e. The van der Waals surface area contributed by atoms with Crippen LogP contribution in [-0.2, 0) is 19.3 Å². The Hall–Kier alpha value is -2.23.